The van der Waals surface area contributed by atoms with Crippen LogP contribution in [0.3, 0.4) is 0 Å². The highest BCUT2D eigenvalue weighted by Crippen LogP contribution is 2.29. The van der Waals surface area contributed by atoms with E-state index < -0.39 is 0 Å². The number of hydrogen-bond acceptors (Lipinski definition) is 4. The summed E-state index contributed by atoms with van der Waals surface area (Å²) in [5, 5.41) is 4.80. The van der Waals surface area contributed by atoms with E-state index in [2.05, 4.69) is 55.4 Å². The van der Waals surface area contributed by atoms with Gasteiger partial charge in [0.1, 0.15) is 5.75 Å². The first-order valence-corrected chi connectivity index (χ1v) is 9.22. The lowest BCUT2D eigenvalue weighted by Gasteiger charge is -2.20. The highest BCUT2D eigenvalue weighted by molar-refractivity contribution is 9.10. The van der Waals surface area contributed by atoms with E-state index in [0.717, 1.165) is 46.3 Å². The van der Waals surface area contributed by atoms with Crippen LogP contribution in [0.1, 0.15) is 6.42 Å². The van der Waals surface area contributed by atoms with Crippen molar-refractivity contribution in [2.24, 2.45) is 0 Å². The van der Waals surface area contributed by atoms with Crippen LogP contribution in [0.15, 0.2) is 59.2 Å². The molecule has 128 valence electrons. The van der Waals surface area contributed by atoms with Gasteiger partial charge in [-0.2, -0.15) is 0 Å². The van der Waals surface area contributed by atoms with E-state index in [1.165, 1.54) is 5.69 Å². The zero-order chi connectivity index (χ0) is 17.2. The van der Waals surface area contributed by atoms with Crippen molar-refractivity contribution in [2.75, 3.05) is 30.4 Å². The van der Waals surface area contributed by atoms with Crippen molar-refractivity contribution in [3.05, 3.63) is 59.2 Å². The Labute approximate surface area is 155 Å². The van der Waals surface area contributed by atoms with E-state index in [1.807, 2.05) is 30.5 Å². The molecule has 4 nitrogen and oxygen atoms in total. The standard InChI is InChI=1S/C20H20BrN3O/c1-25-17-5-6-19-18(12-17)20(7-9-22-19)23-15-8-10-24(13-15)16-4-2-3-14(21)11-16/h2-7,9,11-12,15H,8,10,13H2,1H3,(H,22,23). The number of fused-ring (bicyclic) bond motifs is 1. The van der Waals surface area contributed by atoms with Gasteiger partial charge in [-0.05, 0) is 48.9 Å². The molecule has 3 aromatic rings. The molecule has 0 aliphatic carbocycles. The largest absolute Gasteiger partial charge is 0.497 e. The number of aromatic nitrogens is 1. The highest BCUT2D eigenvalue weighted by atomic mass is 79.9. The number of methoxy groups -OCH3 is 1. The molecule has 1 unspecified atom stereocenters. The minimum absolute atomic E-state index is 0.413. The number of hydrogen-bond donors (Lipinski definition) is 1. The molecule has 5 heteroatoms. The molecule has 1 aliphatic rings. The van der Waals surface area contributed by atoms with Crippen molar-refractivity contribution < 1.29 is 4.74 Å². The van der Waals surface area contributed by atoms with E-state index in [-0.39, 0.29) is 0 Å². The minimum atomic E-state index is 0.413. The summed E-state index contributed by atoms with van der Waals surface area (Å²) in [7, 11) is 1.69. The maximum Gasteiger partial charge on any atom is 0.119 e. The lowest BCUT2D eigenvalue weighted by atomic mass is 10.1. The first kappa shape index (κ1) is 16.2. The summed E-state index contributed by atoms with van der Waals surface area (Å²) >= 11 is 3.56. The van der Waals surface area contributed by atoms with E-state index in [0.29, 0.717) is 6.04 Å². The molecule has 1 saturated heterocycles. The molecule has 1 N–H and O–H groups in total. The van der Waals surface area contributed by atoms with Gasteiger partial charge in [-0.15, -0.1) is 0 Å². The van der Waals surface area contributed by atoms with Crippen molar-refractivity contribution in [2.45, 2.75) is 12.5 Å². The number of ether oxygens (including phenoxy) is 1. The van der Waals surface area contributed by atoms with Gasteiger partial charge in [0.15, 0.2) is 0 Å². The highest BCUT2D eigenvalue weighted by Gasteiger charge is 2.23. The van der Waals surface area contributed by atoms with Crippen LogP contribution >= 0.6 is 15.9 Å². The van der Waals surface area contributed by atoms with Crippen LogP contribution in [0.5, 0.6) is 5.75 Å². The van der Waals surface area contributed by atoms with Gasteiger partial charge in [0.2, 0.25) is 0 Å². The first-order valence-electron chi connectivity index (χ1n) is 8.43. The smallest absolute Gasteiger partial charge is 0.119 e. The van der Waals surface area contributed by atoms with Crippen molar-refractivity contribution in [1.82, 2.24) is 4.98 Å². The number of rotatable bonds is 4. The SMILES string of the molecule is COc1ccc2nccc(NC3CCN(c4cccc(Br)c4)C3)c2c1. The van der Waals surface area contributed by atoms with Crippen LogP contribution < -0.4 is 15.0 Å². The van der Waals surface area contributed by atoms with E-state index in [9.17, 15) is 0 Å². The van der Waals surface area contributed by atoms with Gasteiger partial charge in [-0.3, -0.25) is 4.98 Å². The van der Waals surface area contributed by atoms with Gasteiger partial charge < -0.3 is 15.0 Å². The quantitative estimate of drug-likeness (QED) is 0.692. The predicted molar refractivity (Wildman–Crippen MR) is 107 cm³/mol. The second-order valence-electron chi connectivity index (χ2n) is 6.30. The summed E-state index contributed by atoms with van der Waals surface area (Å²) in [4.78, 5) is 6.88. The molecule has 0 amide bonds. The molecule has 1 aliphatic heterocycles. The average molecular weight is 398 g/mol. The Morgan fingerprint density at radius 1 is 1.20 bits per heavy atom. The van der Waals surface area contributed by atoms with Crippen LogP contribution in [0.25, 0.3) is 10.9 Å². The molecule has 0 bridgehead atoms. The molecular weight excluding hydrogens is 378 g/mol. The van der Waals surface area contributed by atoms with Crippen LogP contribution in [0.2, 0.25) is 0 Å². The lowest BCUT2D eigenvalue weighted by molar-refractivity contribution is 0.415. The fourth-order valence-corrected chi connectivity index (χ4v) is 3.77. The average Bonchev–Trinajstić information content (AvgIpc) is 3.10. The van der Waals surface area contributed by atoms with Gasteiger partial charge in [0.05, 0.1) is 12.6 Å². The molecule has 25 heavy (non-hydrogen) atoms. The second-order valence-corrected chi connectivity index (χ2v) is 7.21. The molecule has 1 aromatic heterocycles. The van der Waals surface area contributed by atoms with Crippen molar-refractivity contribution in [3.8, 4) is 5.75 Å². The Morgan fingerprint density at radius 2 is 2.12 bits per heavy atom. The summed E-state index contributed by atoms with van der Waals surface area (Å²) in [6, 6.07) is 16.9. The number of pyridine rings is 1. The van der Waals surface area contributed by atoms with E-state index in [4.69, 9.17) is 4.74 Å². The molecule has 1 atom stereocenters. The van der Waals surface area contributed by atoms with Crippen molar-refractivity contribution in [3.63, 3.8) is 0 Å². The zero-order valence-corrected chi connectivity index (χ0v) is 15.7. The summed E-state index contributed by atoms with van der Waals surface area (Å²) in [6.07, 6.45) is 2.97. The molecule has 1 fully saturated rings. The summed E-state index contributed by atoms with van der Waals surface area (Å²) in [5.74, 6) is 0.853. The van der Waals surface area contributed by atoms with Crippen LogP contribution in [0.4, 0.5) is 11.4 Å². The molecule has 2 aromatic carbocycles. The minimum Gasteiger partial charge on any atom is -0.497 e. The maximum atomic E-state index is 5.37. The van der Waals surface area contributed by atoms with Crippen LogP contribution in [0, 0.1) is 0 Å². The Balaban J connectivity index is 1.54. The molecule has 0 saturated carbocycles. The van der Waals surface area contributed by atoms with Gasteiger partial charge in [0.25, 0.3) is 0 Å². The topological polar surface area (TPSA) is 37.4 Å². The Morgan fingerprint density at radius 3 is 2.96 bits per heavy atom. The second kappa shape index (κ2) is 6.92. The third-order valence-electron chi connectivity index (χ3n) is 4.67. The molecule has 4 rings (SSSR count). The Bertz CT molecular complexity index is 899. The van der Waals surface area contributed by atoms with Gasteiger partial charge in [0, 0.05) is 46.6 Å². The van der Waals surface area contributed by atoms with Crippen molar-refractivity contribution >= 4 is 38.2 Å². The third kappa shape index (κ3) is 3.42. The van der Waals surface area contributed by atoms with Gasteiger partial charge >= 0.3 is 0 Å². The lowest BCUT2D eigenvalue weighted by Crippen LogP contribution is -2.26. The number of benzene rings is 2. The van der Waals surface area contributed by atoms with Crippen LogP contribution in [-0.2, 0) is 0 Å². The number of nitrogens with zero attached hydrogens (tertiary/aromatic N) is 2. The van der Waals surface area contributed by atoms with E-state index >= 15 is 0 Å². The zero-order valence-electron chi connectivity index (χ0n) is 14.1. The molecule has 0 spiro atoms. The normalized spacial score (nSPS) is 17.0. The molecule has 2 heterocycles. The monoisotopic (exact) mass is 397 g/mol. The first-order chi connectivity index (χ1) is 12.2. The number of anilines is 2. The third-order valence-corrected chi connectivity index (χ3v) is 5.16. The van der Waals surface area contributed by atoms with E-state index in [1.54, 1.807) is 7.11 Å². The number of halogens is 1. The van der Waals surface area contributed by atoms with Gasteiger partial charge in [-0.25, -0.2) is 0 Å². The summed E-state index contributed by atoms with van der Waals surface area (Å²) < 4.78 is 6.48. The fraction of sp³-hybridized carbons (Fsp3) is 0.250. The maximum absolute atomic E-state index is 5.37. The Kier molecular flexibility index (Phi) is 4.49. The van der Waals surface area contributed by atoms with Crippen molar-refractivity contribution in [1.29, 1.82) is 0 Å². The number of nitrogens with one attached hydrogen (secondary N) is 1. The predicted octanol–water partition coefficient (Wildman–Crippen LogP) is 4.70. The van der Waals surface area contributed by atoms with Gasteiger partial charge in [-0.1, -0.05) is 22.0 Å². The Hall–Kier alpha value is -2.27. The fourth-order valence-electron chi connectivity index (χ4n) is 3.38. The molecular formula is C20H20BrN3O. The van der Waals surface area contributed by atoms with Crippen LogP contribution in [-0.4, -0.2) is 31.2 Å². The summed E-state index contributed by atoms with van der Waals surface area (Å²) in [6.45, 7) is 2.05. The molecule has 0 radical (unpaired) electrons. The summed E-state index contributed by atoms with van der Waals surface area (Å²) in [5.41, 5.74) is 3.36.